The fraction of sp³-hybridized carbons (Fsp3) is 0.118. The van der Waals surface area contributed by atoms with Crippen molar-refractivity contribution in [3.63, 3.8) is 0 Å². The average molecular weight is 279 g/mol. The van der Waals surface area contributed by atoms with Gasteiger partial charge in [-0.2, -0.15) is 0 Å². The second kappa shape index (κ2) is 4.66. The van der Waals surface area contributed by atoms with Gasteiger partial charge in [0.25, 0.3) is 11.8 Å². The smallest absolute Gasteiger partial charge is 0.266 e. The molecule has 4 nitrogen and oxygen atoms in total. The first kappa shape index (κ1) is 13.2. The highest BCUT2D eigenvalue weighted by atomic mass is 16.2. The molecule has 4 heteroatoms. The molecule has 2 amide bonds. The van der Waals surface area contributed by atoms with Gasteiger partial charge >= 0.3 is 0 Å². The molecule has 2 aromatic carbocycles. The third-order valence-corrected chi connectivity index (χ3v) is 3.55. The number of ketones is 1. The molecule has 0 unspecified atom stereocenters. The molecule has 104 valence electrons. The van der Waals surface area contributed by atoms with Crippen molar-refractivity contribution in [2.45, 2.75) is 13.8 Å². The van der Waals surface area contributed by atoms with Gasteiger partial charge in [-0.15, -0.1) is 0 Å². The molecular formula is C17H13NO3. The van der Waals surface area contributed by atoms with E-state index in [0.29, 0.717) is 22.4 Å². The van der Waals surface area contributed by atoms with Crippen LogP contribution in [0, 0.1) is 6.92 Å². The van der Waals surface area contributed by atoms with E-state index in [1.807, 2.05) is 6.92 Å². The molecule has 1 heterocycles. The van der Waals surface area contributed by atoms with Crippen molar-refractivity contribution in [2.24, 2.45) is 0 Å². The summed E-state index contributed by atoms with van der Waals surface area (Å²) in [6, 6.07) is 11.7. The number of Topliss-reactive ketones (excluding diaryl/α,β-unsaturated/α-hetero) is 1. The van der Waals surface area contributed by atoms with E-state index in [9.17, 15) is 14.4 Å². The van der Waals surface area contributed by atoms with E-state index in [1.54, 1.807) is 42.5 Å². The molecule has 1 aliphatic rings. The van der Waals surface area contributed by atoms with Gasteiger partial charge in [0, 0.05) is 5.56 Å². The van der Waals surface area contributed by atoms with Crippen LogP contribution in [0.4, 0.5) is 5.69 Å². The van der Waals surface area contributed by atoms with Crippen molar-refractivity contribution in [3.05, 3.63) is 64.7 Å². The number of amides is 2. The molecule has 0 bridgehead atoms. The summed E-state index contributed by atoms with van der Waals surface area (Å²) < 4.78 is 0. The number of carbonyl (C=O) groups excluding carboxylic acids is 3. The Kier molecular flexibility index (Phi) is 2.94. The molecule has 0 aliphatic carbocycles. The Morgan fingerprint density at radius 2 is 1.67 bits per heavy atom. The molecule has 0 N–H and O–H groups in total. The van der Waals surface area contributed by atoms with Crippen molar-refractivity contribution >= 4 is 23.3 Å². The Labute approximate surface area is 122 Å². The van der Waals surface area contributed by atoms with Crippen LogP contribution in [0.2, 0.25) is 0 Å². The Hall–Kier alpha value is -2.75. The lowest BCUT2D eigenvalue weighted by Crippen LogP contribution is -2.29. The SMILES string of the molecule is CC(=O)c1cccc(N2C(=O)c3ccc(C)cc3C2=O)c1. The largest absolute Gasteiger partial charge is 0.295 e. The first-order chi connectivity index (χ1) is 9.99. The van der Waals surface area contributed by atoms with Gasteiger partial charge in [0.1, 0.15) is 0 Å². The molecule has 0 aromatic heterocycles. The fourth-order valence-corrected chi connectivity index (χ4v) is 2.45. The van der Waals surface area contributed by atoms with Gasteiger partial charge in [0.15, 0.2) is 5.78 Å². The van der Waals surface area contributed by atoms with Gasteiger partial charge in [-0.05, 0) is 38.1 Å². The Morgan fingerprint density at radius 3 is 2.38 bits per heavy atom. The monoisotopic (exact) mass is 279 g/mol. The second-order valence-corrected chi connectivity index (χ2v) is 5.10. The number of imide groups is 1. The molecule has 0 fully saturated rings. The number of benzene rings is 2. The summed E-state index contributed by atoms with van der Waals surface area (Å²) in [7, 11) is 0. The average Bonchev–Trinajstić information content (AvgIpc) is 2.70. The molecule has 0 saturated heterocycles. The van der Waals surface area contributed by atoms with E-state index in [0.717, 1.165) is 10.5 Å². The minimum Gasteiger partial charge on any atom is -0.295 e. The van der Waals surface area contributed by atoms with Crippen LogP contribution in [0.3, 0.4) is 0 Å². The summed E-state index contributed by atoms with van der Waals surface area (Å²) in [5.41, 5.74) is 2.63. The maximum Gasteiger partial charge on any atom is 0.266 e. The second-order valence-electron chi connectivity index (χ2n) is 5.10. The van der Waals surface area contributed by atoms with Crippen LogP contribution in [0.5, 0.6) is 0 Å². The fourth-order valence-electron chi connectivity index (χ4n) is 2.45. The molecular weight excluding hydrogens is 266 g/mol. The first-order valence-electron chi connectivity index (χ1n) is 6.59. The third-order valence-electron chi connectivity index (χ3n) is 3.55. The molecule has 0 saturated carbocycles. The topological polar surface area (TPSA) is 54.5 Å². The molecule has 1 aliphatic heterocycles. The lowest BCUT2D eigenvalue weighted by atomic mass is 10.1. The van der Waals surface area contributed by atoms with E-state index >= 15 is 0 Å². The highest BCUT2D eigenvalue weighted by molar-refractivity contribution is 6.34. The minimum absolute atomic E-state index is 0.107. The van der Waals surface area contributed by atoms with Gasteiger partial charge in [-0.3, -0.25) is 14.4 Å². The molecule has 0 spiro atoms. The zero-order valence-corrected chi connectivity index (χ0v) is 11.7. The summed E-state index contributed by atoms with van der Waals surface area (Å²) in [4.78, 5) is 37.5. The van der Waals surface area contributed by atoms with E-state index in [-0.39, 0.29) is 17.6 Å². The quantitative estimate of drug-likeness (QED) is 0.627. The normalized spacial score (nSPS) is 13.5. The summed E-state index contributed by atoms with van der Waals surface area (Å²) in [6.45, 7) is 3.32. The van der Waals surface area contributed by atoms with Gasteiger partial charge < -0.3 is 0 Å². The number of rotatable bonds is 2. The first-order valence-corrected chi connectivity index (χ1v) is 6.59. The summed E-state index contributed by atoms with van der Waals surface area (Å²) in [5, 5.41) is 0. The van der Waals surface area contributed by atoms with Gasteiger partial charge in [-0.1, -0.05) is 23.8 Å². The zero-order valence-electron chi connectivity index (χ0n) is 11.7. The van der Waals surface area contributed by atoms with Gasteiger partial charge in [0.2, 0.25) is 0 Å². The molecule has 0 atom stereocenters. The van der Waals surface area contributed by atoms with Crippen molar-refractivity contribution < 1.29 is 14.4 Å². The number of fused-ring (bicyclic) bond motifs is 1. The number of hydrogen-bond acceptors (Lipinski definition) is 3. The van der Waals surface area contributed by atoms with Crippen molar-refractivity contribution in [2.75, 3.05) is 4.90 Å². The third kappa shape index (κ3) is 2.05. The predicted octanol–water partition coefficient (Wildman–Crippen LogP) is 3.00. The van der Waals surface area contributed by atoms with Crippen molar-refractivity contribution in [1.29, 1.82) is 0 Å². The van der Waals surface area contributed by atoms with Crippen LogP contribution in [0.15, 0.2) is 42.5 Å². The summed E-state index contributed by atoms with van der Waals surface area (Å²) in [5.74, 6) is -0.806. The lowest BCUT2D eigenvalue weighted by molar-refractivity contribution is 0.0923. The number of nitrogens with zero attached hydrogens (tertiary/aromatic N) is 1. The maximum absolute atomic E-state index is 12.5. The Balaban J connectivity index is 2.10. The molecule has 2 aromatic rings. The number of aryl methyl sites for hydroxylation is 1. The number of hydrogen-bond donors (Lipinski definition) is 0. The van der Waals surface area contributed by atoms with Crippen molar-refractivity contribution in [1.82, 2.24) is 0 Å². The maximum atomic E-state index is 12.5. The summed E-state index contributed by atoms with van der Waals surface area (Å²) in [6.07, 6.45) is 0. The Bertz CT molecular complexity index is 792. The molecule has 21 heavy (non-hydrogen) atoms. The van der Waals surface area contributed by atoms with Gasteiger partial charge in [-0.25, -0.2) is 4.90 Å². The molecule has 0 radical (unpaired) electrons. The highest BCUT2D eigenvalue weighted by Crippen LogP contribution is 2.29. The van der Waals surface area contributed by atoms with E-state index in [1.165, 1.54) is 6.92 Å². The van der Waals surface area contributed by atoms with E-state index < -0.39 is 0 Å². The number of carbonyl (C=O) groups is 3. The van der Waals surface area contributed by atoms with Crippen LogP contribution in [0.1, 0.15) is 43.6 Å². The number of anilines is 1. The van der Waals surface area contributed by atoms with Gasteiger partial charge in [0.05, 0.1) is 16.8 Å². The predicted molar refractivity (Wildman–Crippen MR) is 78.8 cm³/mol. The molecule has 3 rings (SSSR count). The van der Waals surface area contributed by atoms with E-state index in [4.69, 9.17) is 0 Å². The summed E-state index contributed by atoms with van der Waals surface area (Å²) >= 11 is 0. The lowest BCUT2D eigenvalue weighted by Gasteiger charge is -2.14. The zero-order chi connectivity index (χ0) is 15.1. The minimum atomic E-state index is -0.351. The van der Waals surface area contributed by atoms with E-state index in [2.05, 4.69) is 0 Å². The van der Waals surface area contributed by atoms with Crippen LogP contribution in [-0.4, -0.2) is 17.6 Å². The van der Waals surface area contributed by atoms with Crippen LogP contribution in [-0.2, 0) is 0 Å². The standard InChI is InChI=1S/C17H13NO3/c1-10-6-7-14-15(8-10)17(21)18(16(14)20)13-5-3-4-12(9-13)11(2)19/h3-9H,1-2H3. The van der Waals surface area contributed by atoms with Crippen LogP contribution < -0.4 is 4.90 Å². The highest BCUT2D eigenvalue weighted by Gasteiger charge is 2.36. The van der Waals surface area contributed by atoms with Crippen LogP contribution >= 0.6 is 0 Å². The Morgan fingerprint density at radius 1 is 0.952 bits per heavy atom. The van der Waals surface area contributed by atoms with Crippen LogP contribution in [0.25, 0.3) is 0 Å². The van der Waals surface area contributed by atoms with Crippen molar-refractivity contribution in [3.8, 4) is 0 Å².